The van der Waals surface area contributed by atoms with Crippen molar-refractivity contribution in [3.05, 3.63) is 0 Å². The Kier molecular flexibility index (Phi) is 1.83. The van der Waals surface area contributed by atoms with Crippen molar-refractivity contribution >= 4 is 6.29 Å². The van der Waals surface area contributed by atoms with Crippen LogP contribution in [0.1, 0.15) is 6.42 Å². The molecule has 2 atom stereocenters. The quantitative estimate of drug-likeness (QED) is 0.473. The molecule has 0 aliphatic carbocycles. The average molecular weight is 129 g/mol. The SMILES string of the molecule is CN1CC(O)C[C@H]1C=O. The summed E-state index contributed by atoms with van der Waals surface area (Å²) in [6, 6.07) is -0.0556. The molecule has 0 radical (unpaired) electrons. The Morgan fingerprint density at radius 2 is 2.44 bits per heavy atom. The molecule has 0 bridgehead atoms. The van der Waals surface area contributed by atoms with Gasteiger partial charge in [0.15, 0.2) is 0 Å². The minimum atomic E-state index is -0.301. The third-order valence-electron chi connectivity index (χ3n) is 1.74. The van der Waals surface area contributed by atoms with Crippen LogP contribution in [0.15, 0.2) is 0 Å². The molecule has 1 aliphatic heterocycles. The lowest BCUT2D eigenvalue weighted by Gasteiger charge is -2.10. The standard InChI is InChI=1S/C6H11NO2/c1-7-3-6(9)2-5(7)4-8/h4-6,9H,2-3H2,1H3/t5-,6?/m0/s1. The molecule has 52 valence electrons. The van der Waals surface area contributed by atoms with E-state index in [0.29, 0.717) is 13.0 Å². The molecular formula is C6H11NO2. The van der Waals surface area contributed by atoms with E-state index in [9.17, 15) is 4.79 Å². The fraction of sp³-hybridized carbons (Fsp3) is 0.833. The van der Waals surface area contributed by atoms with Crippen molar-refractivity contribution in [3.63, 3.8) is 0 Å². The largest absolute Gasteiger partial charge is 0.392 e. The first-order valence-corrected chi connectivity index (χ1v) is 3.07. The van der Waals surface area contributed by atoms with E-state index in [4.69, 9.17) is 5.11 Å². The Bertz CT molecular complexity index is 116. The molecular weight excluding hydrogens is 118 g/mol. The van der Waals surface area contributed by atoms with Crippen LogP contribution in [-0.2, 0) is 4.79 Å². The van der Waals surface area contributed by atoms with Crippen LogP contribution in [0.4, 0.5) is 0 Å². The highest BCUT2D eigenvalue weighted by Gasteiger charge is 2.26. The predicted octanol–water partition coefficient (Wildman–Crippen LogP) is -0.750. The van der Waals surface area contributed by atoms with Gasteiger partial charge in [-0.3, -0.25) is 4.90 Å². The van der Waals surface area contributed by atoms with Gasteiger partial charge >= 0.3 is 0 Å². The average Bonchev–Trinajstić information content (AvgIpc) is 2.10. The van der Waals surface area contributed by atoms with Crippen molar-refractivity contribution in [1.29, 1.82) is 0 Å². The molecule has 3 heteroatoms. The molecule has 0 amide bonds. The first-order valence-electron chi connectivity index (χ1n) is 3.07. The summed E-state index contributed by atoms with van der Waals surface area (Å²) in [5.41, 5.74) is 0. The number of rotatable bonds is 1. The van der Waals surface area contributed by atoms with Crippen molar-refractivity contribution in [2.45, 2.75) is 18.6 Å². The van der Waals surface area contributed by atoms with Gasteiger partial charge in [-0.1, -0.05) is 0 Å². The van der Waals surface area contributed by atoms with Crippen LogP contribution in [0.5, 0.6) is 0 Å². The van der Waals surface area contributed by atoms with Crippen molar-refractivity contribution in [1.82, 2.24) is 4.90 Å². The molecule has 1 unspecified atom stereocenters. The first kappa shape index (κ1) is 6.71. The number of aldehydes is 1. The van der Waals surface area contributed by atoms with Crippen LogP contribution < -0.4 is 0 Å². The van der Waals surface area contributed by atoms with Gasteiger partial charge in [-0.2, -0.15) is 0 Å². The van der Waals surface area contributed by atoms with Crippen LogP contribution in [0.2, 0.25) is 0 Å². The zero-order valence-electron chi connectivity index (χ0n) is 5.45. The normalized spacial score (nSPS) is 37.1. The Hall–Kier alpha value is -0.410. The zero-order valence-corrected chi connectivity index (χ0v) is 5.45. The third kappa shape index (κ3) is 1.28. The molecule has 0 aromatic heterocycles. The number of aliphatic hydroxyl groups excluding tert-OH is 1. The van der Waals surface area contributed by atoms with Gasteiger partial charge in [0.25, 0.3) is 0 Å². The van der Waals surface area contributed by atoms with Gasteiger partial charge in [-0.25, -0.2) is 0 Å². The smallest absolute Gasteiger partial charge is 0.137 e. The Labute approximate surface area is 54.3 Å². The number of carbonyl (C=O) groups is 1. The van der Waals surface area contributed by atoms with Crippen LogP contribution in [0.3, 0.4) is 0 Å². The predicted molar refractivity (Wildman–Crippen MR) is 33.1 cm³/mol. The monoisotopic (exact) mass is 129 g/mol. The maximum absolute atomic E-state index is 10.2. The highest BCUT2D eigenvalue weighted by molar-refractivity contribution is 5.58. The van der Waals surface area contributed by atoms with Crippen LogP contribution in [0.25, 0.3) is 0 Å². The van der Waals surface area contributed by atoms with E-state index >= 15 is 0 Å². The van der Waals surface area contributed by atoms with Crippen LogP contribution >= 0.6 is 0 Å². The van der Waals surface area contributed by atoms with E-state index in [1.165, 1.54) is 0 Å². The second kappa shape index (κ2) is 2.45. The highest BCUT2D eigenvalue weighted by atomic mass is 16.3. The Balaban J connectivity index is 2.47. The zero-order chi connectivity index (χ0) is 6.85. The summed E-state index contributed by atoms with van der Waals surface area (Å²) in [5.74, 6) is 0. The molecule has 0 aromatic rings. The van der Waals surface area contributed by atoms with Gasteiger partial charge in [-0.15, -0.1) is 0 Å². The second-order valence-corrected chi connectivity index (χ2v) is 2.53. The highest BCUT2D eigenvalue weighted by Crippen LogP contribution is 2.12. The van der Waals surface area contributed by atoms with Crippen molar-refractivity contribution < 1.29 is 9.90 Å². The van der Waals surface area contributed by atoms with E-state index in [1.54, 1.807) is 0 Å². The molecule has 1 N–H and O–H groups in total. The number of hydrogen-bond donors (Lipinski definition) is 1. The van der Waals surface area contributed by atoms with Gasteiger partial charge in [0.05, 0.1) is 12.1 Å². The lowest BCUT2D eigenvalue weighted by molar-refractivity contribution is -0.111. The van der Waals surface area contributed by atoms with Crippen molar-refractivity contribution in [2.24, 2.45) is 0 Å². The van der Waals surface area contributed by atoms with Gasteiger partial charge < -0.3 is 9.90 Å². The third-order valence-corrected chi connectivity index (χ3v) is 1.74. The second-order valence-electron chi connectivity index (χ2n) is 2.53. The molecule has 0 spiro atoms. The summed E-state index contributed by atoms with van der Waals surface area (Å²) in [5, 5.41) is 9.00. The van der Waals surface area contributed by atoms with E-state index in [1.807, 2.05) is 11.9 Å². The minimum Gasteiger partial charge on any atom is -0.392 e. The topological polar surface area (TPSA) is 40.5 Å². The van der Waals surface area contributed by atoms with Gasteiger partial charge in [0.1, 0.15) is 6.29 Å². The molecule has 9 heavy (non-hydrogen) atoms. The molecule has 1 fully saturated rings. The summed E-state index contributed by atoms with van der Waals surface area (Å²) in [6.07, 6.45) is 1.18. The van der Waals surface area contributed by atoms with Crippen molar-refractivity contribution in [3.8, 4) is 0 Å². The fourth-order valence-electron chi connectivity index (χ4n) is 1.16. The fourth-order valence-corrected chi connectivity index (χ4v) is 1.16. The number of hydrogen-bond acceptors (Lipinski definition) is 3. The number of β-amino-alcohol motifs (C(OH)–C–C–N with tert-alkyl or cyclic N) is 1. The Morgan fingerprint density at radius 1 is 1.78 bits per heavy atom. The summed E-state index contributed by atoms with van der Waals surface area (Å²) in [7, 11) is 1.84. The van der Waals surface area contributed by atoms with E-state index in [2.05, 4.69) is 0 Å². The summed E-state index contributed by atoms with van der Waals surface area (Å²) < 4.78 is 0. The molecule has 1 aliphatic rings. The lowest BCUT2D eigenvalue weighted by atomic mass is 10.2. The summed E-state index contributed by atoms with van der Waals surface area (Å²) in [4.78, 5) is 12.1. The van der Waals surface area contributed by atoms with Gasteiger partial charge in [0.2, 0.25) is 0 Å². The van der Waals surface area contributed by atoms with Crippen LogP contribution in [-0.4, -0.2) is 42.0 Å². The number of likely N-dealkylation sites (tertiary alicyclic amines) is 1. The summed E-state index contributed by atoms with van der Waals surface area (Å²) >= 11 is 0. The molecule has 0 aromatic carbocycles. The molecule has 1 saturated heterocycles. The first-order chi connectivity index (χ1) is 4.24. The van der Waals surface area contributed by atoms with Crippen LogP contribution in [0, 0.1) is 0 Å². The van der Waals surface area contributed by atoms with E-state index in [0.717, 1.165) is 6.29 Å². The number of nitrogens with zero attached hydrogens (tertiary/aromatic N) is 1. The molecule has 1 rings (SSSR count). The summed E-state index contributed by atoms with van der Waals surface area (Å²) in [6.45, 7) is 0.628. The lowest BCUT2D eigenvalue weighted by Crippen LogP contribution is -2.25. The maximum Gasteiger partial charge on any atom is 0.137 e. The minimum absolute atomic E-state index is 0.0556. The molecule has 1 heterocycles. The van der Waals surface area contributed by atoms with Crippen molar-refractivity contribution in [2.75, 3.05) is 13.6 Å². The van der Waals surface area contributed by atoms with Gasteiger partial charge in [0, 0.05) is 6.54 Å². The van der Waals surface area contributed by atoms with E-state index in [-0.39, 0.29) is 12.1 Å². The maximum atomic E-state index is 10.2. The van der Waals surface area contributed by atoms with E-state index < -0.39 is 0 Å². The molecule has 0 saturated carbocycles. The Morgan fingerprint density at radius 3 is 2.67 bits per heavy atom. The number of aliphatic hydroxyl groups is 1. The van der Waals surface area contributed by atoms with Gasteiger partial charge in [-0.05, 0) is 13.5 Å². The number of likely N-dealkylation sites (N-methyl/N-ethyl adjacent to an activating group) is 1. The molecule has 3 nitrogen and oxygen atoms in total. The number of carbonyl (C=O) groups excluding carboxylic acids is 1.